The van der Waals surface area contributed by atoms with Crippen LogP contribution in [0, 0.1) is 12.8 Å². The lowest BCUT2D eigenvalue weighted by Gasteiger charge is -2.32. The molecule has 0 radical (unpaired) electrons. The molecule has 2 heterocycles. The normalized spacial score (nSPS) is 18.5. The van der Waals surface area contributed by atoms with E-state index in [0.717, 1.165) is 43.8 Å². The molecule has 1 fully saturated rings. The first-order chi connectivity index (χ1) is 11.6. The lowest BCUT2D eigenvalue weighted by atomic mass is 9.97. The van der Waals surface area contributed by atoms with Gasteiger partial charge in [0.15, 0.2) is 0 Å². The van der Waals surface area contributed by atoms with Gasteiger partial charge in [0.1, 0.15) is 5.76 Å². The van der Waals surface area contributed by atoms with E-state index in [1.165, 1.54) is 0 Å². The summed E-state index contributed by atoms with van der Waals surface area (Å²) < 4.78 is 5.43. The molecular formula is C19H23ClN2O2. The Balaban J connectivity index is 1.53. The van der Waals surface area contributed by atoms with Crippen LogP contribution in [0.4, 0.5) is 0 Å². The number of rotatable bonds is 5. The molecule has 0 unspecified atom stereocenters. The van der Waals surface area contributed by atoms with Crippen LogP contribution in [0.5, 0.6) is 0 Å². The van der Waals surface area contributed by atoms with Crippen molar-refractivity contribution in [3.63, 3.8) is 0 Å². The number of aryl methyl sites for hydroxylation is 1. The minimum atomic E-state index is -0.0822. The van der Waals surface area contributed by atoms with Gasteiger partial charge in [-0.15, -0.1) is 0 Å². The number of amides is 1. The fourth-order valence-electron chi connectivity index (χ4n) is 3.33. The Morgan fingerprint density at radius 2 is 2.25 bits per heavy atom. The van der Waals surface area contributed by atoms with Crippen molar-refractivity contribution < 1.29 is 9.21 Å². The maximum absolute atomic E-state index is 12.4. The smallest absolute Gasteiger partial charge is 0.253 e. The highest BCUT2D eigenvalue weighted by Crippen LogP contribution is 2.21. The van der Waals surface area contributed by atoms with Crippen LogP contribution >= 0.6 is 11.6 Å². The van der Waals surface area contributed by atoms with Gasteiger partial charge in [0, 0.05) is 13.1 Å². The molecule has 4 nitrogen and oxygen atoms in total. The second kappa shape index (κ2) is 7.86. The topological polar surface area (TPSA) is 45.5 Å². The number of carbonyl (C=O) groups excluding carboxylic acids is 1. The predicted molar refractivity (Wildman–Crippen MR) is 95.2 cm³/mol. The molecule has 128 valence electrons. The first-order valence-electron chi connectivity index (χ1n) is 8.41. The number of carbonyl (C=O) groups is 1. The lowest BCUT2D eigenvalue weighted by molar-refractivity contribution is 0.0928. The van der Waals surface area contributed by atoms with Crippen LogP contribution in [-0.2, 0) is 6.54 Å². The molecule has 5 heteroatoms. The van der Waals surface area contributed by atoms with Crippen molar-refractivity contribution in [2.24, 2.45) is 5.92 Å². The second-order valence-electron chi connectivity index (χ2n) is 6.46. The average molecular weight is 347 g/mol. The summed E-state index contributed by atoms with van der Waals surface area (Å²) in [5.41, 5.74) is 1.49. The molecule has 1 N–H and O–H groups in total. The molecule has 0 aliphatic carbocycles. The molecule has 1 aliphatic heterocycles. The molecule has 1 aromatic carbocycles. The second-order valence-corrected chi connectivity index (χ2v) is 6.87. The van der Waals surface area contributed by atoms with Gasteiger partial charge in [0.25, 0.3) is 5.91 Å². The van der Waals surface area contributed by atoms with Crippen molar-refractivity contribution in [3.05, 3.63) is 58.5 Å². The molecule has 0 spiro atoms. The van der Waals surface area contributed by atoms with Gasteiger partial charge in [-0.05, 0) is 56.0 Å². The predicted octanol–water partition coefficient (Wildman–Crippen LogP) is 3.88. The molecule has 1 saturated heterocycles. The molecule has 0 bridgehead atoms. The van der Waals surface area contributed by atoms with Gasteiger partial charge in [-0.1, -0.05) is 23.7 Å². The minimum Gasteiger partial charge on any atom is -0.468 e. The molecule has 1 aliphatic rings. The molecular weight excluding hydrogens is 324 g/mol. The van der Waals surface area contributed by atoms with E-state index in [1.54, 1.807) is 12.3 Å². The van der Waals surface area contributed by atoms with Crippen LogP contribution in [0.3, 0.4) is 0 Å². The van der Waals surface area contributed by atoms with E-state index < -0.39 is 0 Å². The fraction of sp³-hybridized carbons (Fsp3) is 0.421. The Kier molecular flexibility index (Phi) is 5.59. The maximum atomic E-state index is 12.4. The number of piperidine rings is 1. The van der Waals surface area contributed by atoms with Crippen LogP contribution < -0.4 is 5.32 Å². The summed E-state index contributed by atoms with van der Waals surface area (Å²) in [4.78, 5) is 14.8. The highest BCUT2D eigenvalue weighted by atomic mass is 35.5. The number of benzene rings is 1. The summed E-state index contributed by atoms with van der Waals surface area (Å²) in [7, 11) is 0. The molecule has 1 amide bonds. The Morgan fingerprint density at radius 1 is 1.38 bits per heavy atom. The third kappa shape index (κ3) is 4.19. The van der Waals surface area contributed by atoms with Crippen LogP contribution in [0.1, 0.15) is 34.5 Å². The first-order valence-corrected chi connectivity index (χ1v) is 8.79. The third-order valence-electron chi connectivity index (χ3n) is 4.56. The van der Waals surface area contributed by atoms with Gasteiger partial charge in [0.2, 0.25) is 0 Å². The van der Waals surface area contributed by atoms with Crippen molar-refractivity contribution in [1.29, 1.82) is 0 Å². The summed E-state index contributed by atoms with van der Waals surface area (Å²) in [6.45, 7) is 5.48. The Morgan fingerprint density at radius 3 is 3.00 bits per heavy atom. The number of hydrogen-bond acceptors (Lipinski definition) is 3. The van der Waals surface area contributed by atoms with Crippen molar-refractivity contribution in [3.8, 4) is 0 Å². The zero-order chi connectivity index (χ0) is 16.9. The zero-order valence-electron chi connectivity index (χ0n) is 13.9. The monoisotopic (exact) mass is 346 g/mol. The van der Waals surface area contributed by atoms with Crippen LogP contribution in [0.25, 0.3) is 0 Å². The molecule has 3 rings (SSSR count). The number of nitrogens with zero attached hydrogens (tertiary/aromatic N) is 1. The number of nitrogens with one attached hydrogen (secondary N) is 1. The van der Waals surface area contributed by atoms with Crippen molar-refractivity contribution >= 4 is 17.5 Å². The van der Waals surface area contributed by atoms with E-state index >= 15 is 0 Å². The fourth-order valence-corrected chi connectivity index (χ4v) is 3.64. The highest BCUT2D eigenvalue weighted by Gasteiger charge is 2.22. The van der Waals surface area contributed by atoms with Gasteiger partial charge in [-0.2, -0.15) is 0 Å². The standard InChI is InChI=1S/C19H23ClN2O2/c1-14-5-2-8-17(20)18(14)19(23)21-11-15-6-3-9-22(12-15)13-16-7-4-10-24-16/h2,4-5,7-8,10,15H,3,6,9,11-13H2,1H3,(H,21,23)/t15-/m0/s1. The van der Waals surface area contributed by atoms with E-state index in [-0.39, 0.29) is 5.91 Å². The number of halogens is 1. The van der Waals surface area contributed by atoms with Crippen LogP contribution in [0.2, 0.25) is 5.02 Å². The summed E-state index contributed by atoms with van der Waals surface area (Å²) in [6.07, 6.45) is 3.99. The Bertz CT molecular complexity index is 664. The van der Waals surface area contributed by atoms with Gasteiger partial charge >= 0.3 is 0 Å². The summed E-state index contributed by atoms with van der Waals surface area (Å²) >= 11 is 6.17. The molecule has 24 heavy (non-hydrogen) atoms. The van der Waals surface area contributed by atoms with Crippen molar-refractivity contribution in [2.75, 3.05) is 19.6 Å². The van der Waals surface area contributed by atoms with Gasteiger partial charge in [0.05, 0.1) is 23.4 Å². The van der Waals surface area contributed by atoms with Crippen molar-refractivity contribution in [2.45, 2.75) is 26.3 Å². The van der Waals surface area contributed by atoms with Gasteiger partial charge in [-0.25, -0.2) is 0 Å². The minimum absolute atomic E-state index is 0.0822. The molecule has 1 atom stereocenters. The van der Waals surface area contributed by atoms with E-state index in [4.69, 9.17) is 16.0 Å². The molecule has 2 aromatic rings. The van der Waals surface area contributed by atoms with E-state index in [0.29, 0.717) is 23.0 Å². The third-order valence-corrected chi connectivity index (χ3v) is 4.88. The van der Waals surface area contributed by atoms with Crippen LogP contribution in [-0.4, -0.2) is 30.4 Å². The summed E-state index contributed by atoms with van der Waals surface area (Å²) in [5, 5.41) is 3.57. The van der Waals surface area contributed by atoms with E-state index in [2.05, 4.69) is 10.2 Å². The SMILES string of the molecule is Cc1cccc(Cl)c1C(=O)NC[C@@H]1CCCN(Cc2ccco2)C1. The summed E-state index contributed by atoms with van der Waals surface area (Å²) in [5.74, 6) is 1.37. The highest BCUT2D eigenvalue weighted by molar-refractivity contribution is 6.34. The van der Waals surface area contributed by atoms with Gasteiger partial charge in [-0.3, -0.25) is 9.69 Å². The number of hydrogen-bond donors (Lipinski definition) is 1. The number of likely N-dealkylation sites (tertiary alicyclic amines) is 1. The first kappa shape index (κ1) is 17.1. The largest absolute Gasteiger partial charge is 0.468 e. The zero-order valence-corrected chi connectivity index (χ0v) is 14.7. The molecule has 0 saturated carbocycles. The Labute approximate surface area is 147 Å². The van der Waals surface area contributed by atoms with Crippen molar-refractivity contribution in [1.82, 2.24) is 10.2 Å². The number of furan rings is 1. The lowest BCUT2D eigenvalue weighted by Crippen LogP contribution is -2.40. The quantitative estimate of drug-likeness (QED) is 0.893. The molecule has 1 aromatic heterocycles. The van der Waals surface area contributed by atoms with Gasteiger partial charge < -0.3 is 9.73 Å². The Hall–Kier alpha value is -1.78. The maximum Gasteiger partial charge on any atom is 0.253 e. The van der Waals surface area contributed by atoms with E-state index in [1.807, 2.05) is 31.2 Å². The summed E-state index contributed by atoms with van der Waals surface area (Å²) in [6, 6.07) is 9.46. The van der Waals surface area contributed by atoms with Crippen LogP contribution in [0.15, 0.2) is 41.0 Å². The van der Waals surface area contributed by atoms with E-state index in [9.17, 15) is 4.79 Å². The average Bonchev–Trinajstić information content (AvgIpc) is 3.06.